The van der Waals surface area contributed by atoms with Crippen LogP contribution < -0.4 is 5.32 Å². The summed E-state index contributed by atoms with van der Waals surface area (Å²) in [7, 11) is 1.41. The van der Waals surface area contributed by atoms with Gasteiger partial charge in [0.05, 0.1) is 13.5 Å². The molecule has 3 nitrogen and oxygen atoms in total. The number of ether oxygens (including phenoxy) is 1. The van der Waals surface area contributed by atoms with Crippen LogP contribution in [0.1, 0.15) is 6.42 Å². The third-order valence-corrected chi connectivity index (χ3v) is 3.04. The molecule has 0 unspecified atom stereocenters. The number of rotatable bonds is 7. The molecule has 1 N–H and O–H groups in total. The number of thioether (sulfide) groups is 1. The molecule has 0 aromatic heterocycles. The van der Waals surface area contributed by atoms with Crippen molar-refractivity contribution in [2.45, 2.75) is 11.3 Å². The van der Waals surface area contributed by atoms with Gasteiger partial charge in [-0.15, -0.1) is 11.8 Å². The third-order valence-electron chi connectivity index (χ3n) is 2.02. The first-order chi connectivity index (χ1) is 7.83. The number of carbonyl (C=O) groups is 1. The van der Waals surface area contributed by atoms with Gasteiger partial charge < -0.3 is 10.1 Å². The zero-order valence-electron chi connectivity index (χ0n) is 9.44. The van der Waals surface area contributed by atoms with Crippen molar-refractivity contribution < 1.29 is 9.53 Å². The van der Waals surface area contributed by atoms with E-state index < -0.39 is 0 Å². The van der Waals surface area contributed by atoms with Gasteiger partial charge in [0, 0.05) is 23.7 Å². The largest absolute Gasteiger partial charge is 0.469 e. The van der Waals surface area contributed by atoms with Crippen LogP contribution in [-0.4, -0.2) is 31.9 Å². The second-order valence-corrected chi connectivity index (χ2v) is 4.41. The number of hydrogen-bond donors (Lipinski definition) is 1. The lowest BCUT2D eigenvalue weighted by atomic mass is 10.4. The molecule has 0 aliphatic heterocycles. The van der Waals surface area contributed by atoms with Crippen LogP contribution in [0.15, 0.2) is 35.2 Å². The Morgan fingerprint density at radius 1 is 1.31 bits per heavy atom. The van der Waals surface area contributed by atoms with Crippen LogP contribution in [0, 0.1) is 0 Å². The monoisotopic (exact) mass is 239 g/mol. The highest BCUT2D eigenvalue weighted by atomic mass is 32.2. The molecule has 0 fully saturated rings. The summed E-state index contributed by atoms with van der Waals surface area (Å²) < 4.78 is 4.54. The molecule has 0 radical (unpaired) electrons. The maximum atomic E-state index is 10.8. The average molecular weight is 239 g/mol. The van der Waals surface area contributed by atoms with Crippen LogP contribution in [0.3, 0.4) is 0 Å². The molecule has 0 heterocycles. The van der Waals surface area contributed by atoms with Crippen molar-refractivity contribution in [2.24, 2.45) is 0 Å². The quantitative estimate of drug-likeness (QED) is 0.448. The summed E-state index contributed by atoms with van der Waals surface area (Å²) in [5.74, 6) is 0.841. The van der Waals surface area contributed by atoms with Crippen molar-refractivity contribution in [3.8, 4) is 0 Å². The summed E-state index contributed by atoms with van der Waals surface area (Å²) in [6.45, 7) is 1.58. The van der Waals surface area contributed by atoms with Gasteiger partial charge in [-0.3, -0.25) is 4.79 Å². The van der Waals surface area contributed by atoms with E-state index in [4.69, 9.17) is 0 Å². The standard InChI is InChI=1S/C12H17NO2S/c1-15-12(14)7-8-13-9-10-16-11-5-3-2-4-6-11/h2-6,13H,7-10H2,1H3. The predicted molar refractivity (Wildman–Crippen MR) is 66.7 cm³/mol. The summed E-state index contributed by atoms with van der Waals surface area (Å²) >= 11 is 1.81. The molecule has 0 spiro atoms. The number of carbonyl (C=O) groups excluding carboxylic acids is 1. The molecule has 1 aromatic carbocycles. The summed E-state index contributed by atoms with van der Waals surface area (Å²) in [5.41, 5.74) is 0. The molecule has 0 bridgehead atoms. The molecule has 0 saturated carbocycles. The second kappa shape index (κ2) is 8.19. The highest BCUT2D eigenvalue weighted by Crippen LogP contribution is 2.15. The Hall–Kier alpha value is -1.00. The molecule has 0 saturated heterocycles. The number of benzene rings is 1. The Morgan fingerprint density at radius 2 is 2.06 bits per heavy atom. The van der Waals surface area contributed by atoms with Crippen LogP contribution in [-0.2, 0) is 9.53 Å². The smallest absolute Gasteiger partial charge is 0.306 e. The normalized spacial score (nSPS) is 10.1. The lowest BCUT2D eigenvalue weighted by molar-refractivity contribution is -0.140. The Labute approximate surface area is 101 Å². The first-order valence-electron chi connectivity index (χ1n) is 5.28. The fraction of sp³-hybridized carbons (Fsp3) is 0.417. The molecule has 1 rings (SSSR count). The molecule has 0 aliphatic rings. The van der Waals surface area contributed by atoms with Crippen molar-refractivity contribution in [3.63, 3.8) is 0 Å². The SMILES string of the molecule is COC(=O)CCNCCSc1ccccc1. The van der Waals surface area contributed by atoms with Crippen molar-refractivity contribution in [1.29, 1.82) is 0 Å². The second-order valence-electron chi connectivity index (χ2n) is 3.24. The maximum Gasteiger partial charge on any atom is 0.306 e. The third kappa shape index (κ3) is 5.78. The molecule has 0 amide bonds. The van der Waals surface area contributed by atoms with E-state index in [2.05, 4.69) is 22.2 Å². The lowest BCUT2D eigenvalue weighted by Gasteiger charge is -2.03. The van der Waals surface area contributed by atoms with E-state index in [1.54, 1.807) is 11.8 Å². The molecule has 0 atom stereocenters. The van der Waals surface area contributed by atoms with Crippen LogP contribution in [0.5, 0.6) is 0 Å². The van der Waals surface area contributed by atoms with Gasteiger partial charge in [0.1, 0.15) is 0 Å². The minimum Gasteiger partial charge on any atom is -0.469 e. The zero-order valence-corrected chi connectivity index (χ0v) is 10.3. The fourth-order valence-corrected chi connectivity index (χ4v) is 2.01. The Bertz CT molecular complexity index is 303. The van der Waals surface area contributed by atoms with Gasteiger partial charge >= 0.3 is 5.97 Å². The maximum absolute atomic E-state index is 10.8. The number of esters is 1. The summed E-state index contributed by atoms with van der Waals surface area (Å²) in [6, 6.07) is 10.3. The van der Waals surface area contributed by atoms with Crippen molar-refractivity contribution in [1.82, 2.24) is 5.32 Å². The van der Waals surface area contributed by atoms with E-state index in [0.717, 1.165) is 12.3 Å². The molecule has 16 heavy (non-hydrogen) atoms. The zero-order chi connectivity index (χ0) is 11.6. The van der Waals surface area contributed by atoms with E-state index >= 15 is 0 Å². The highest BCUT2D eigenvalue weighted by molar-refractivity contribution is 7.99. The first-order valence-corrected chi connectivity index (χ1v) is 6.27. The average Bonchev–Trinajstić information content (AvgIpc) is 2.34. The summed E-state index contributed by atoms with van der Waals surface area (Å²) in [4.78, 5) is 12.1. The minimum atomic E-state index is -0.164. The van der Waals surface area contributed by atoms with Crippen LogP contribution in [0.4, 0.5) is 0 Å². The molecule has 1 aromatic rings. The topological polar surface area (TPSA) is 38.3 Å². The predicted octanol–water partition coefficient (Wildman–Crippen LogP) is 1.93. The first kappa shape index (κ1) is 13.1. The molecular weight excluding hydrogens is 222 g/mol. The van der Waals surface area contributed by atoms with Gasteiger partial charge in [0.25, 0.3) is 0 Å². The number of hydrogen-bond acceptors (Lipinski definition) is 4. The molecule has 88 valence electrons. The lowest BCUT2D eigenvalue weighted by Crippen LogP contribution is -2.21. The van der Waals surface area contributed by atoms with Gasteiger partial charge in [-0.25, -0.2) is 0 Å². The van der Waals surface area contributed by atoms with Gasteiger partial charge in [-0.1, -0.05) is 18.2 Å². The number of methoxy groups -OCH3 is 1. The van der Waals surface area contributed by atoms with Crippen molar-refractivity contribution in [2.75, 3.05) is 26.0 Å². The van der Waals surface area contributed by atoms with E-state index in [9.17, 15) is 4.79 Å². The van der Waals surface area contributed by atoms with Crippen molar-refractivity contribution in [3.05, 3.63) is 30.3 Å². The summed E-state index contributed by atoms with van der Waals surface area (Å²) in [5, 5.41) is 3.20. The van der Waals surface area contributed by atoms with E-state index in [1.165, 1.54) is 12.0 Å². The van der Waals surface area contributed by atoms with Crippen LogP contribution in [0.25, 0.3) is 0 Å². The van der Waals surface area contributed by atoms with Crippen molar-refractivity contribution >= 4 is 17.7 Å². The van der Waals surface area contributed by atoms with Crippen LogP contribution >= 0.6 is 11.8 Å². The Kier molecular flexibility index (Phi) is 6.69. The van der Waals surface area contributed by atoms with E-state index in [0.29, 0.717) is 13.0 Å². The molecular formula is C12H17NO2S. The minimum absolute atomic E-state index is 0.164. The summed E-state index contributed by atoms with van der Waals surface area (Å²) in [6.07, 6.45) is 0.437. The molecule has 4 heteroatoms. The fourth-order valence-electron chi connectivity index (χ4n) is 1.18. The number of nitrogens with one attached hydrogen (secondary N) is 1. The van der Waals surface area contributed by atoms with Gasteiger partial charge in [-0.05, 0) is 12.1 Å². The van der Waals surface area contributed by atoms with E-state index in [-0.39, 0.29) is 5.97 Å². The van der Waals surface area contributed by atoms with Crippen LogP contribution in [0.2, 0.25) is 0 Å². The van der Waals surface area contributed by atoms with Gasteiger partial charge in [0.15, 0.2) is 0 Å². The molecule has 0 aliphatic carbocycles. The van der Waals surface area contributed by atoms with Gasteiger partial charge in [0.2, 0.25) is 0 Å². The Morgan fingerprint density at radius 3 is 2.75 bits per heavy atom. The Balaban J connectivity index is 1.98. The highest BCUT2D eigenvalue weighted by Gasteiger charge is 1.98. The van der Waals surface area contributed by atoms with Gasteiger partial charge in [-0.2, -0.15) is 0 Å². The van der Waals surface area contributed by atoms with E-state index in [1.807, 2.05) is 18.2 Å².